The normalized spacial score (nSPS) is 18.8. The molecule has 1 fully saturated rings. The highest BCUT2D eigenvalue weighted by Crippen LogP contribution is 2.38. The number of carbonyl (C=O) groups excluding carboxylic acids is 2. The second-order valence-corrected chi connectivity index (χ2v) is 10.4. The predicted octanol–water partition coefficient (Wildman–Crippen LogP) is 4.44. The maximum Gasteiger partial charge on any atom is 0.176 e. The van der Waals surface area contributed by atoms with Crippen LogP contribution in [0, 0.1) is 12.3 Å². The number of carbonyl (C=O) groups is 2. The molecule has 0 aliphatic heterocycles. The Hall–Kier alpha value is -2.21. The molecule has 0 heterocycles. The highest BCUT2D eigenvalue weighted by Gasteiger charge is 2.40. The summed E-state index contributed by atoms with van der Waals surface area (Å²) in [5, 5.41) is 10.9. The van der Waals surface area contributed by atoms with Crippen molar-refractivity contribution in [3.8, 4) is 0 Å². The van der Waals surface area contributed by atoms with Crippen LogP contribution < -0.4 is 0 Å². The zero-order valence-electron chi connectivity index (χ0n) is 17.6. The van der Waals surface area contributed by atoms with Crippen molar-refractivity contribution in [3.63, 3.8) is 0 Å². The van der Waals surface area contributed by atoms with Gasteiger partial charge in [-0.05, 0) is 62.9 Å². The molecule has 1 aromatic carbocycles. The highest BCUT2D eigenvalue weighted by molar-refractivity contribution is 7.90. The largest absolute Gasteiger partial charge is 0.506 e. The summed E-state index contributed by atoms with van der Waals surface area (Å²) >= 11 is 0. The molecule has 2 rings (SSSR count). The quantitative estimate of drug-likeness (QED) is 0.457. The molecule has 0 spiro atoms. The smallest absolute Gasteiger partial charge is 0.176 e. The van der Waals surface area contributed by atoms with Crippen molar-refractivity contribution >= 4 is 32.7 Å². The summed E-state index contributed by atoms with van der Waals surface area (Å²) in [4.78, 5) is 25.4. The van der Waals surface area contributed by atoms with Gasteiger partial charge in [0.25, 0.3) is 0 Å². The molecule has 1 aromatic rings. The topological polar surface area (TPSA) is 88.5 Å². The Morgan fingerprint density at radius 1 is 1.11 bits per heavy atom. The molecule has 0 aromatic heterocycles. The SMILES string of the molecule is CC(C)=C(C)c1c(S(C)(=O)=O)ccc(C(O)=C2C(=O)CCC(C)(C)C2=O)c1C. The number of hydrogen-bond acceptors (Lipinski definition) is 5. The lowest BCUT2D eigenvalue weighted by molar-refractivity contribution is -0.130. The van der Waals surface area contributed by atoms with Crippen LogP contribution in [-0.2, 0) is 19.4 Å². The fourth-order valence-electron chi connectivity index (χ4n) is 3.47. The lowest BCUT2D eigenvalue weighted by atomic mass is 9.72. The maximum atomic E-state index is 12.8. The minimum absolute atomic E-state index is 0.159. The van der Waals surface area contributed by atoms with Crippen molar-refractivity contribution in [1.29, 1.82) is 0 Å². The van der Waals surface area contributed by atoms with Crippen molar-refractivity contribution in [2.75, 3.05) is 6.26 Å². The average molecular weight is 405 g/mol. The lowest BCUT2D eigenvalue weighted by Crippen LogP contribution is -2.35. The molecule has 1 N–H and O–H groups in total. The number of Topliss-reactive ketones (excluding diaryl/α,β-unsaturated/α-hetero) is 2. The Morgan fingerprint density at radius 2 is 1.68 bits per heavy atom. The van der Waals surface area contributed by atoms with E-state index in [1.165, 1.54) is 12.1 Å². The number of rotatable bonds is 3. The molecule has 1 aliphatic rings. The van der Waals surface area contributed by atoms with Crippen molar-refractivity contribution in [3.05, 3.63) is 40.0 Å². The highest BCUT2D eigenvalue weighted by atomic mass is 32.2. The van der Waals surface area contributed by atoms with Gasteiger partial charge in [0.05, 0.1) is 4.90 Å². The molecule has 0 saturated heterocycles. The summed E-state index contributed by atoms with van der Waals surface area (Å²) in [7, 11) is -3.51. The molecule has 0 bridgehead atoms. The van der Waals surface area contributed by atoms with Gasteiger partial charge in [-0.1, -0.05) is 19.4 Å². The van der Waals surface area contributed by atoms with Crippen molar-refractivity contribution in [2.45, 2.75) is 59.3 Å². The summed E-state index contributed by atoms with van der Waals surface area (Å²) in [6.07, 6.45) is 1.77. The first kappa shape index (κ1) is 22.1. The second-order valence-electron chi connectivity index (χ2n) is 8.37. The van der Waals surface area contributed by atoms with Crippen LogP contribution in [0.25, 0.3) is 11.3 Å². The standard InChI is InChI=1S/C22H28O5S/c1-12(2)13(3)18-14(4)15(8-9-17(18)28(7,26)27)20(24)19-16(23)10-11-22(5,6)21(19)25/h8-9,24H,10-11H2,1-7H3. The third-order valence-corrected chi connectivity index (χ3v) is 6.68. The molecule has 5 nitrogen and oxygen atoms in total. The van der Waals surface area contributed by atoms with Gasteiger partial charge < -0.3 is 5.11 Å². The molecule has 1 saturated carbocycles. The maximum absolute atomic E-state index is 12.8. The predicted molar refractivity (Wildman–Crippen MR) is 111 cm³/mol. The summed E-state index contributed by atoms with van der Waals surface area (Å²) in [6.45, 7) is 10.8. The van der Waals surface area contributed by atoms with Crippen LogP contribution in [0.1, 0.15) is 64.2 Å². The monoisotopic (exact) mass is 404 g/mol. The van der Waals surface area contributed by atoms with Gasteiger partial charge in [-0.25, -0.2) is 8.42 Å². The van der Waals surface area contributed by atoms with E-state index < -0.39 is 15.3 Å². The molecule has 0 unspecified atom stereocenters. The van der Waals surface area contributed by atoms with Crippen LogP contribution in [0.15, 0.2) is 28.2 Å². The molecular weight excluding hydrogens is 376 g/mol. The Morgan fingerprint density at radius 3 is 2.18 bits per heavy atom. The van der Waals surface area contributed by atoms with Crippen LogP contribution in [0.3, 0.4) is 0 Å². The number of sulfone groups is 1. The molecule has 0 atom stereocenters. The fourth-order valence-corrected chi connectivity index (χ4v) is 4.46. The number of benzene rings is 1. The van der Waals surface area contributed by atoms with Gasteiger partial charge in [0.1, 0.15) is 11.3 Å². The Kier molecular flexibility index (Phi) is 5.77. The summed E-state index contributed by atoms with van der Waals surface area (Å²) < 4.78 is 24.6. The summed E-state index contributed by atoms with van der Waals surface area (Å²) in [6, 6.07) is 2.90. The Balaban J connectivity index is 2.88. The van der Waals surface area contributed by atoms with Gasteiger partial charge >= 0.3 is 0 Å². The van der Waals surface area contributed by atoms with Crippen LogP contribution in [-0.4, -0.2) is 31.3 Å². The van der Waals surface area contributed by atoms with Gasteiger partial charge in [-0.2, -0.15) is 0 Å². The number of hydrogen-bond donors (Lipinski definition) is 1. The van der Waals surface area contributed by atoms with E-state index in [0.29, 0.717) is 23.1 Å². The first-order chi connectivity index (χ1) is 12.7. The number of ketones is 2. The van der Waals surface area contributed by atoms with Gasteiger partial charge in [-0.3, -0.25) is 9.59 Å². The zero-order valence-corrected chi connectivity index (χ0v) is 18.4. The average Bonchev–Trinajstić information content (AvgIpc) is 2.57. The number of aliphatic hydroxyl groups excluding tert-OH is 1. The van der Waals surface area contributed by atoms with E-state index in [1.54, 1.807) is 20.8 Å². The van der Waals surface area contributed by atoms with Crippen LogP contribution in [0.5, 0.6) is 0 Å². The van der Waals surface area contributed by atoms with Crippen molar-refractivity contribution < 1.29 is 23.1 Å². The minimum atomic E-state index is -3.51. The van der Waals surface area contributed by atoms with Crippen LogP contribution >= 0.6 is 0 Å². The van der Waals surface area contributed by atoms with Gasteiger partial charge in [-0.15, -0.1) is 0 Å². The van der Waals surface area contributed by atoms with E-state index in [0.717, 1.165) is 17.4 Å². The summed E-state index contributed by atoms with van der Waals surface area (Å²) in [5.74, 6) is -1.13. The van der Waals surface area contributed by atoms with Crippen LogP contribution in [0.4, 0.5) is 0 Å². The molecule has 28 heavy (non-hydrogen) atoms. The van der Waals surface area contributed by atoms with Gasteiger partial charge in [0.15, 0.2) is 21.4 Å². The molecule has 0 radical (unpaired) electrons. The number of allylic oxidation sites excluding steroid dienone is 3. The first-order valence-corrected chi connectivity index (χ1v) is 11.1. The molecule has 0 amide bonds. The van der Waals surface area contributed by atoms with Crippen LogP contribution in [0.2, 0.25) is 0 Å². The van der Waals surface area contributed by atoms with E-state index in [4.69, 9.17) is 0 Å². The fraction of sp³-hybridized carbons (Fsp3) is 0.455. The zero-order chi connectivity index (χ0) is 21.6. The molecule has 152 valence electrons. The van der Waals surface area contributed by atoms with E-state index in [-0.39, 0.29) is 34.2 Å². The van der Waals surface area contributed by atoms with E-state index in [2.05, 4.69) is 0 Å². The first-order valence-electron chi connectivity index (χ1n) is 9.20. The van der Waals surface area contributed by atoms with E-state index >= 15 is 0 Å². The van der Waals surface area contributed by atoms with Gasteiger partial charge in [0.2, 0.25) is 0 Å². The second kappa shape index (κ2) is 7.32. The summed E-state index contributed by atoms with van der Waals surface area (Å²) in [5.41, 5.74) is 2.13. The Bertz CT molecular complexity index is 1030. The van der Waals surface area contributed by atoms with Crippen molar-refractivity contribution in [2.24, 2.45) is 5.41 Å². The lowest BCUT2D eigenvalue weighted by Gasteiger charge is -2.29. The third kappa shape index (κ3) is 3.83. The van der Waals surface area contributed by atoms with E-state index in [9.17, 15) is 23.1 Å². The van der Waals surface area contributed by atoms with Crippen molar-refractivity contribution in [1.82, 2.24) is 0 Å². The third-order valence-electron chi connectivity index (χ3n) is 5.54. The van der Waals surface area contributed by atoms with E-state index in [1.807, 2.05) is 20.8 Å². The molecule has 1 aliphatic carbocycles. The Labute approximate surface area is 167 Å². The van der Waals surface area contributed by atoms with Gasteiger partial charge in [0, 0.05) is 23.7 Å². The number of aliphatic hydroxyl groups is 1. The molecular formula is C22H28O5S. The molecule has 6 heteroatoms. The minimum Gasteiger partial charge on any atom is -0.506 e.